The largest absolute Gasteiger partial charge is 0.496 e. The lowest BCUT2D eigenvalue weighted by Gasteiger charge is -2.23. The minimum absolute atomic E-state index is 0.770. The van der Waals surface area contributed by atoms with E-state index in [0.29, 0.717) is 0 Å². The molecule has 0 bridgehead atoms. The summed E-state index contributed by atoms with van der Waals surface area (Å²) in [6.45, 7) is 2.32. The molecule has 1 aliphatic rings. The lowest BCUT2D eigenvalue weighted by atomic mass is 10.1. The van der Waals surface area contributed by atoms with Gasteiger partial charge in [0.2, 0.25) is 0 Å². The minimum Gasteiger partial charge on any atom is -0.496 e. The van der Waals surface area contributed by atoms with Gasteiger partial charge in [0.25, 0.3) is 0 Å². The molecule has 0 saturated carbocycles. The van der Waals surface area contributed by atoms with Crippen LogP contribution in [0.5, 0.6) is 5.75 Å². The monoisotopic (exact) mass is 371 g/mol. The van der Waals surface area contributed by atoms with Gasteiger partial charge in [-0.3, -0.25) is 0 Å². The minimum atomic E-state index is 0.770. The van der Waals surface area contributed by atoms with Crippen molar-refractivity contribution in [1.29, 1.82) is 0 Å². The van der Waals surface area contributed by atoms with Crippen LogP contribution in [0.4, 0.5) is 5.69 Å². The number of methoxy groups -OCH3 is 1. The van der Waals surface area contributed by atoms with Gasteiger partial charge in [0.05, 0.1) is 56.2 Å². The predicted molar refractivity (Wildman–Crippen MR) is 108 cm³/mol. The van der Waals surface area contributed by atoms with E-state index in [1.165, 1.54) is 16.9 Å². The zero-order chi connectivity index (χ0) is 18.9. The summed E-state index contributed by atoms with van der Waals surface area (Å²) in [4.78, 5) is 14.5. The third-order valence-electron chi connectivity index (χ3n) is 5.22. The summed E-state index contributed by atoms with van der Waals surface area (Å²) in [5.41, 5.74) is 5.79. The smallest absolute Gasteiger partial charge is 0.144 e. The van der Waals surface area contributed by atoms with E-state index in [9.17, 15) is 0 Å². The molecule has 1 aliphatic heterocycles. The summed E-state index contributed by atoms with van der Waals surface area (Å²) in [6.07, 6.45) is 5.59. The molecule has 2 aromatic carbocycles. The summed E-state index contributed by atoms with van der Waals surface area (Å²) < 4.78 is 7.87. The number of H-pyrrole nitrogens is 1. The second-order valence-corrected chi connectivity index (χ2v) is 6.92. The van der Waals surface area contributed by atoms with Crippen molar-refractivity contribution < 1.29 is 4.74 Å². The quantitative estimate of drug-likeness (QED) is 0.592. The van der Waals surface area contributed by atoms with Crippen molar-refractivity contribution in [3.05, 3.63) is 84.2 Å². The van der Waals surface area contributed by atoms with Crippen molar-refractivity contribution in [2.24, 2.45) is 0 Å². The van der Waals surface area contributed by atoms with E-state index < -0.39 is 0 Å². The van der Waals surface area contributed by atoms with E-state index in [-0.39, 0.29) is 0 Å². The Morgan fingerprint density at radius 1 is 1.04 bits per heavy atom. The molecule has 4 aromatic rings. The molecule has 5 rings (SSSR count). The van der Waals surface area contributed by atoms with Gasteiger partial charge in [0.1, 0.15) is 11.6 Å². The fourth-order valence-electron chi connectivity index (χ4n) is 3.88. The van der Waals surface area contributed by atoms with E-state index in [0.717, 1.165) is 42.5 Å². The molecule has 0 radical (unpaired) electrons. The summed E-state index contributed by atoms with van der Waals surface area (Å²) in [5, 5.41) is 0. The zero-order valence-electron chi connectivity index (χ0n) is 15.7. The lowest BCUT2D eigenvalue weighted by molar-refractivity contribution is 0.416. The molecule has 0 unspecified atom stereocenters. The molecule has 2 aromatic heterocycles. The first kappa shape index (κ1) is 16.6. The van der Waals surface area contributed by atoms with Crippen LogP contribution < -0.4 is 9.64 Å². The molecule has 0 fully saturated rings. The summed E-state index contributed by atoms with van der Waals surface area (Å²) in [6, 6.07) is 16.6. The van der Waals surface area contributed by atoms with E-state index >= 15 is 0 Å². The van der Waals surface area contributed by atoms with Crippen LogP contribution in [0.3, 0.4) is 0 Å². The van der Waals surface area contributed by atoms with Gasteiger partial charge in [-0.2, -0.15) is 0 Å². The maximum absolute atomic E-state index is 5.58. The Balaban J connectivity index is 1.60. The van der Waals surface area contributed by atoms with Gasteiger partial charge in [0, 0.05) is 11.9 Å². The zero-order valence-corrected chi connectivity index (χ0v) is 15.7. The molecule has 6 nitrogen and oxygen atoms in total. The van der Waals surface area contributed by atoms with E-state index in [4.69, 9.17) is 9.72 Å². The van der Waals surface area contributed by atoms with Crippen molar-refractivity contribution in [2.75, 3.05) is 12.0 Å². The molecule has 28 heavy (non-hydrogen) atoms. The van der Waals surface area contributed by atoms with Gasteiger partial charge < -0.3 is 19.2 Å². The summed E-state index contributed by atoms with van der Waals surface area (Å²) in [5.74, 6) is 1.77. The molecular formula is C22H21N5O. The molecule has 0 saturated heterocycles. The predicted octanol–water partition coefficient (Wildman–Crippen LogP) is 3.85. The number of rotatable bonds is 4. The number of anilines is 1. The fraction of sp³-hybridized carbons (Fsp3) is 0.182. The fourth-order valence-corrected chi connectivity index (χ4v) is 3.88. The van der Waals surface area contributed by atoms with Crippen LogP contribution in [0, 0.1) is 0 Å². The van der Waals surface area contributed by atoms with Gasteiger partial charge in [-0.1, -0.05) is 30.3 Å². The maximum Gasteiger partial charge on any atom is 0.144 e. The number of aromatic amines is 1. The molecule has 6 heteroatoms. The third-order valence-corrected chi connectivity index (χ3v) is 5.22. The van der Waals surface area contributed by atoms with Crippen molar-refractivity contribution >= 4 is 5.69 Å². The summed E-state index contributed by atoms with van der Waals surface area (Å²) in [7, 11) is 1.70. The van der Waals surface area contributed by atoms with Gasteiger partial charge in [-0.25, -0.2) is 9.97 Å². The number of nitrogens with one attached hydrogen (secondary N) is 1. The average Bonchev–Trinajstić information content (AvgIpc) is 3.35. The first-order valence-corrected chi connectivity index (χ1v) is 9.31. The van der Waals surface area contributed by atoms with E-state index in [1.807, 2.05) is 30.6 Å². The molecule has 1 N–H and O–H groups in total. The average molecular weight is 371 g/mol. The van der Waals surface area contributed by atoms with Crippen molar-refractivity contribution in [2.45, 2.75) is 19.6 Å². The Hall–Kier alpha value is -3.54. The van der Waals surface area contributed by atoms with Crippen LogP contribution in [0.1, 0.15) is 17.0 Å². The van der Waals surface area contributed by atoms with E-state index in [1.54, 1.807) is 13.4 Å². The second kappa shape index (κ2) is 6.88. The number of hydrogen-bond donors (Lipinski definition) is 1. The topological polar surface area (TPSA) is 59.0 Å². The normalized spacial score (nSPS) is 13.0. The Kier molecular flexibility index (Phi) is 4.09. The van der Waals surface area contributed by atoms with Gasteiger partial charge >= 0.3 is 0 Å². The number of benzene rings is 2. The van der Waals surface area contributed by atoms with Crippen molar-refractivity contribution in [1.82, 2.24) is 19.5 Å². The van der Waals surface area contributed by atoms with E-state index in [2.05, 4.69) is 49.8 Å². The third kappa shape index (κ3) is 2.83. The number of hydrogen-bond acceptors (Lipinski definition) is 4. The van der Waals surface area contributed by atoms with Crippen molar-refractivity contribution in [3.8, 4) is 17.1 Å². The first-order chi connectivity index (χ1) is 13.8. The standard InChI is InChI=1S/C22H21N5O/c1-28-21-9-5-3-7-19(21)22-24-11-18-14-26(13-17-10-23-15-25-17)20-8-4-2-6-16(20)12-27(18)22/h2-11,15H,12-14H2,1H3,(H,23,25). The number of imidazole rings is 2. The highest BCUT2D eigenvalue weighted by atomic mass is 16.5. The van der Waals surface area contributed by atoms with Crippen LogP contribution in [0.2, 0.25) is 0 Å². The van der Waals surface area contributed by atoms with Gasteiger partial charge in [-0.15, -0.1) is 0 Å². The van der Waals surface area contributed by atoms with Crippen LogP contribution in [-0.4, -0.2) is 26.6 Å². The maximum atomic E-state index is 5.58. The number of ether oxygens (including phenoxy) is 1. The number of para-hydroxylation sites is 2. The van der Waals surface area contributed by atoms with Crippen LogP contribution in [-0.2, 0) is 19.6 Å². The number of nitrogens with zero attached hydrogens (tertiary/aromatic N) is 4. The Labute approximate surface area is 163 Å². The highest BCUT2D eigenvalue weighted by molar-refractivity contribution is 5.66. The van der Waals surface area contributed by atoms with Crippen LogP contribution >= 0.6 is 0 Å². The Bertz CT molecular complexity index is 1100. The Morgan fingerprint density at radius 3 is 2.75 bits per heavy atom. The highest BCUT2D eigenvalue weighted by Crippen LogP contribution is 2.34. The lowest BCUT2D eigenvalue weighted by Crippen LogP contribution is -2.22. The number of aromatic nitrogens is 4. The summed E-state index contributed by atoms with van der Waals surface area (Å²) >= 11 is 0. The molecule has 0 aliphatic carbocycles. The molecule has 0 spiro atoms. The van der Waals surface area contributed by atoms with Crippen molar-refractivity contribution in [3.63, 3.8) is 0 Å². The molecule has 3 heterocycles. The van der Waals surface area contributed by atoms with Gasteiger partial charge in [0.15, 0.2) is 0 Å². The molecule has 0 atom stereocenters. The molecule has 0 amide bonds. The Morgan fingerprint density at radius 2 is 1.89 bits per heavy atom. The molecular weight excluding hydrogens is 350 g/mol. The first-order valence-electron chi connectivity index (χ1n) is 9.31. The second-order valence-electron chi connectivity index (χ2n) is 6.92. The SMILES string of the molecule is COc1ccccc1-c1ncc2n1Cc1ccccc1N(Cc1cnc[nH]1)C2. The van der Waals surface area contributed by atoms with Crippen LogP contribution in [0.25, 0.3) is 11.4 Å². The number of fused-ring (bicyclic) bond motifs is 2. The van der Waals surface area contributed by atoms with Crippen LogP contribution in [0.15, 0.2) is 67.3 Å². The highest BCUT2D eigenvalue weighted by Gasteiger charge is 2.23. The van der Waals surface area contributed by atoms with Gasteiger partial charge in [-0.05, 0) is 23.8 Å². The molecule has 140 valence electrons.